The van der Waals surface area contributed by atoms with E-state index in [4.69, 9.17) is 9.47 Å². The maximum atomic E-state index is 12.8. The van der Waals surface area contributed by atoms with Gasteiger partial charge in [0.1, 0.15) is 12.4 Å². The van der Waals surface area contributed by atoms with Gasteiger partial charge in [-0.2, -0.15) is 0 Å². The van der Waals surface area contributed by atoms with Gasteiger partial charge in [0.2, 0.25) is 0 Å². The van der Waals surface area contributed by atoms with E-state index in [0.717, 1.165) is 39.4 Å². The first kappa shape index (κ1) is 19.6. The van der Waals surface area contributed by atoms with E-state index in [9.17, 15) is 4.79 Å². The van der Waals surface area contributed by atoms with Crippen LogP contribution in [-0.4, -0.2) is 43.6 Å². The molecular formula is C21H24N4O3S. The molecule has 8 heteroatoms. The molecule has 3 heterocycles. The number of Topliss-reactive ketones (excluding diaryl/α,β-unsaturated/α-hetero) is 1. The van der Waals surface area contributed by atoms with E-state index in [0.29, 0.717) is 18.9 Å². The summed E-state index contributed by atoms with van der Waals surface area (Å²) < 4.78 is 15.9. The van der Waals surface area contributed by atoms with E-state index in [-0.39, 0.29) is 11.9 Å². The smallest absolute Gasteiger partial charge is 0.191 e. The zero-order valence-corrected chi connectivity index (χ0v) is 17.8. The number of rotatable bonds is 6. The fraction of sp³-hybridized carbons (Fsp3) is 0.381. The van der Waals surface area contributed by atoms with Crippen molar-refractivity contribution >= 4 is 17.5 Å². The Bertz CT molecular complexity index is 1060. The first-order valence-corrected chi connectivity index (χ1v) is 10.5. The van der Waals surface area contributed by atoms with Gasteiger partial charge in [0.25, 0.3) is 0 Å². The van der Waals surface area contributed by atoms with E-state index in [2.05, 4.69) is 14.8 Å². The van der Waals surface area contributed by atoms with Crippen LogP contribution in [0.5, 0.6) is 11.5 Å². The lowest BCUT2D eigenvalue weighted by Crippen LogP contribution is -2.33. The third-order valence-corrected chi connectivity index (χ3v) is 6.23. The Balaban J connectivity index is 1.45. The Morgan fingerprint density at radius 2 is 1.97 bits per heavy atom. The lowest BCUT2D eigenvalue weighted by atomic mass is 10.2. The van der Waals surface area contributed by atoms with Crippen molar-refractivity contribution in [2.24, 2.45) is 7.05 Å². The van der Waals surface area contributed by atoms with E-state index < -0.39 is 0 Å². The second kappa shape index (κ2) is 7.94. The molecule has 0 amide bonds. The van der Waals surface area contributed by atoms with E-state index in [1.165, 1.54) is 11.8 Å². The van der Waals surface area contributed by atoms with Crippen molar-refractivity contribution in [3.8, 4) is 11.5 Å². The predicted molar refractivity (Wildman–Crippen MR) is 111 cm³/mol. The zero-order chi connectivity index (χ0) is 20.5. The summed E-state index contributed by atoms with van der Waals surface area (Å²) in [6, 6.07) is 9.64. The van der Waals surface area contributed by atoms with Gasteiger partial charge in [0, 0.05) is 24.0 Å². The van der Waals surface area contributed by atoms with Gasteiger partial charge in [-0.1, -0.05) is 23.9 Å². The van der Waals surface area contributed by atoms with Gasteiger partial charge in [0.05, 0.1) is 12.3 Å². The molecule has 0 saturated heterocycles. The molecule has 1 aromatic carbocycles. The molecule has 1 aliphatic rings. The van der Waals surface area contributed by atoms with Crippen LogP contribution in [0, 0.1) is 20.8 Å². The zero-order valence-electron chi connectivity index (χ0n) is 17.0. The Morgan fingerprint density at radius 1 is 1.21 bits per heavy atom. The second-order valence-electron chi connectivity index (χ2n) is 7.19. The van der Waals surface area contributed by atoms with E-state index in [1.807, 2.05) is 62.7 Å². The number of aryl methyl sites for hydroxylation is 2. The van der Waals surface area contributed by atoms with Gasteiger partial charge in [0.15, 0.2) is 28.5 Å². The summed E-state index contributed by atoms with van der Waals surface area (Å²) in [6.45, 7) is 7.01. The number of benzene rings is 1. The Morgan fingerprint density at radius 3 is 2.69 bits per heavy atom. The highest BCUT2D eigenvalue weighted by Crippen LogP contribution is 2.31. The lowest BCUT2D eigenvalue weighted by molar-refractivity contribution is 0.0777. The van der Waals surface area contributed by atoms with Crippen LogP contribution in [0.15, 0.2) is 35.5 Å². The molecule has 2 aromatic heterocycles. The maximum absolute atomic E-state index is 12.8. The Hall–Kier alpha value is -2.74. The third kappa shape index (κ3) is 3.89. The van der Waals surface area contributed by atoms with Gasteiger partial charge < -0.3 is 18.6 Å². The highest BCUT2D eigenvalue weighted by atomic mass is 32.2. The number of nitrogens with zero attached hydrogens (tertiary/aromatic N) is 4. The van der Waals surface area contributed by atoms with Crippen LogP contribution in [-0.2, 0) is 13.6 Å². The Labute approximate surface area is 174 Å². The second-order valence-corrected chi connectivity index (χ2v) is 8.14. The quantitative estimate of drug-likeness (QED) is 0.457. The van der Waals surface area contributed by atoms with Crippen LogP contribution in [0.1, 0.15) is 27.6 Å². The number of hydrogen-bond acceptors (Lipinski definition) is 6. The van der Waals surface area contributed by atoms with Crippen molar-refractivity contribution in [1.82, 2.24) is 19.3 Å². The molecule has 0 aliphatic carbocycles. The largest absolute Gasteiger partial charge is 0.486 e. The molecule has 0 saturated carbocycles. The highest BCUT2D eigenvalue weighted by Gasteiger charge is 2.24. The molecule has 0 spiro atoms. The van der Waals surface area contributed by atoms with Crippen molar-refractivity contribution in [1.29, 1.82) is 0 Å². The molecule has 0 N–H and O–H groups in total. The third-order valence-electron chi connectivity index (χ3n) is 5.21. The number of ketones is 1. The molecule has 0 fully saturated rings. The average molecular weight is 413 g/mol. The molecule has 3 aromatic rings. The van der Waals surface area contributed by atoms with Gasteiger partial charge in [-0.15, -0.1) is 10.2 Å². The van der Waals surface area contributed by atoms with Crippen LogP contribution < -0.4 is 9.47 Å². The summed E-state index contributed by atoms with van der Waals surface area (Å²) in [5.41, 5.74) is 2.73. The Kier molecular flexibility index (Phi) is 5.36. The van der Waals surface area contributed by atoms with Crippen LogP contribution in [0.3, 0.4) is 0 Å². The minimum atomic E-state index is -0.103. The highest BCUT2D eigenvalue weighted by molar-refractivity contribution is 7.99. The predicted octanol–water partition coefficient (Wildman–Crippen LogP) is 3.36. The lowest BCUT2D eigenvalue weighted by Gasteiger charge is -2.27. The number of hydrogen-bond donors (Lipinski definition) is 0. The average Bonchev–Trinajstić information content (AvgIpc) is 3.19. The van der Waals surface area contributed by atoms with Gasteiger partial charge >= 0.3 is 0 Å². The first-order chi connectivity index (χ1) is 13.9. The summed E-state index contributed by atoms with van der Waals surface area (Å²) in [5.74, 6) is 2.78. The first-order valence-electron chi connectivity index (χ1n) is 9.51. The molecular weight excluding hydrogens is 388 g/mol. The van der Waals surface area contributed by atoms with Gasteiger partial charge in [-0.3, -0.25) is 4.79 Å². The normalized spacial score (nSPS) is 15.5. The number of fused-ring (bicyclic) bond motifs is 1. The van der Waals surface area contributed by atoms with Crippen molar-refractivity contribution in [2.45, 2.75) is 38.6 Å². The van der Waals surface area contributed by atoms with Gasteiger partial charge in [-0.05, 0) is 39.0 Å². The van der Waals surface area contributed by atoms with Crippen LogP contribution in [0.2, 0.25) is 0 Å². The fourth-order valence-electron chi connectivity index (χ4n) is 3.44. The minimum absolute atomic E-state index is 0.0844. The summed E-state index contributed by atoms with van der Waals surface area (Å²) >= 11 is 1.41. The molecule has 0 bridgehead atoms. The molecule has 1 atom stereocenters. The van der Waals surface area contributed by atoms with Crippen molar-refractivity contribution in [2.75, 3.05) is 12.4 Å². The summed E-state index contributed by atoms with van der Waals surface area (Å²) in [5, 5.41) is 8.89. The SMILES string of the molecule is Cc1nnc(SCC(=O)c2cc(C)n(C[C@@H]3COc4ccccc4O3)c2C)n1C. The van der Waals surface area contributed by atoms with Crippen LogP contribution in [0.4, 0.5) is 0 Å². The van der Waals surface area contributed by atoms with Crippen LogP contribution in [0.25, 0.3) is 0 Å². The minimum Gasteiger partial charge on any atom is -0.486 e. The summed E-state index contributed by atoms with van der Waals surface area (Å²) in [4.78, 5) is 12.8. The molecule has 152 valence electrons. The topological polar surface area (TPSA) is 71.2 Å². The van der Waals surface area contributed by atoms with Crippen molar-refractivity contribution < 1.29 is 14.3 Å². The van der Waals surface area contributed by atoms with Crippen LogP contribution >= 0.6 is 11.8 Å². The van der Waals surface area contributed by atoms with Crippen molar-refractivity contribution in [3.63, 3.8) is 0 Å². The summed E-state index contributed by atoms with van der Waals surface area (Å²) in [6.07, 6.45) is -0.103. The number of thioether (sulfide) groups is 1. The number of carbonyl (C=O) groups is 1. The molecule has 1 aliphatic heterocycles. The maximum Gasteiger partial charge on any atom is 0.191 e. The summed E-state index contributed by atoms with van der Waals surface area (Å²) in [7, 11) is 1.90. The van der Waals surface area contributed by atoms with Gasteiger partial charge in [-0.25, -0.2) is 0 Å². The number of aromatic nitrogens is 4. The molecule has 29 heavy (non-hydrogen) atoms. The number of para-hydroxylation sites is 2. The molecule has 7 nitrogen and oxygen atoms in total. The molecule has 0 unspecified atom stereocenters. The standard InChI is InChI=1S/C21H24N4O3S/c1-13-9-17(18(26)12-29-21-23-22-15(3)24(21)4)14(2)25(13)10-16-11-27-19-7-5-6-8-20(19)28-16/h5-9,16H,10-12H2,1-4H3/t16-/m1/s1. The fourth-order valence-corrected chi connectivity index (χ4v) is 4.28. The van der Waals surface area contributed by atoms with E-state index >= 15 is 0 Å². The number of carbonyl (C=O) groups excluding carboxylic acids is 1. The van der Waals surface area contributed by atoms with Crippen molar-refractivity contribution in [3.05, 3.63) is 53.1 Å². The number of ether oxygens (including phenoxy) is 2. The van der Waals surface area contributed by atoms with E-state index in [1.54, 1.807) is 0 Å². The molecule has 0 radical (unpaired) electrons. The molecule has 4 rings (SSSR count). The monoisotopic (exact) mass is 412 g/mol.